The van der Waals surface area contributed by atoms with Crippen LogP contribution in [0.2, 0.25) is 5.02 Å². The van der Waals surface area contributed by atoms with E-state index in [9.17, 15) is 13.6 Å². The van der Waals surface area contributed by atoms with Gasteiger partial charge < -0.3 is 4.74 Å². The third-order valence-corrected chi connectivity index (χ3v) is 1.88. The zero-order valence-electron chi connectivity index (χ0n) is 7.26. The molecule has 0 saturated carbocycles. The monoisotopic (exact) mass is 220 g/mol. The second kappa shape index (κ2) is 4.37. The minimum Gasteiger partial charge on any atom is -0.433 e. The lowest BCUT2D eigenvalue weighted by Crippen LogP contribution is -2.04. The van der Waals surface area contributed by atoms with Crippen LogP contribution in [0.15, 0.2) is 12.1 Å². The number of carbonyl (C=O) groups is 1. The van der Waals surface area contributed by atoms with E-state index in [2.05, 4.69) is 4.74 Å². The number of carbonyl (C=O) groups excluding carboxylic acids is 1. The molecule has 0 heterocycles. The average molecular weight is 221 g/mol. The molecule has 1 aromatic rings. The highest BCUT2D eigenvalue weighted by atomic mass is 35.5. The van der Waals surface area contributed by atoms with Crippen molar-refractivity contribution in [2.24, 2.45) is 0 Å². The van der Waals surface area contributed by atoms with Crippen LogP contribution in [0.5, 0.6) is 5.75 Å². The highest BCUT2D eigenvalue weighted by molar-refractivity contribution is 6.32. The molecule has 76 valence electrons. The molecule has 0 aromatic heterocycles. The van der Waals surface area contributed by atoms with E-state index in [0.717, 1.165) is 0 Å². The number of benzene rings is 1. The summed E-state index contributed by atoms with van der Waals surface area (Å²) in [5, 5.41) is 0.00685. The van der Waals surface area contributed by atoms with Crippen molar-refractivity contribution in [3.05, 3.63) is 28.3 Å². The predicted molar refractivity (Wildman–Crippen MR) is 48.2 cm³/mol. The van der Waals surface area contributed by atoms with Gasteiger partial charge in [0, 0.05) is 5.56 Å². The summed E-state index contributed by atoms with van der Waals surface area (Å²) in [7, 11) is 0. The summed E-state index contributed by atoms with van der Waals surface area (Å²) in [6.07, 6.45) is 0.588. The summed E-state index contributed by atoms with van der Waals surface area (Å²) < 4.78 is 28.0. The first-order chi connectivity index (χ1) is 6.54. The van der Waals surface area contributed by atoms with Gasteiger partial charge in [-0.1, -0.05) is 11.6 Å². The van der Waals surface area contributed by atoms with Gasteiger partial charge in [0.15, 0.2) is 0 Å². The normalized spacial score (nSPS) is 10.4. The Morgan fingerprint density at radius 2 is 2.14 bits per heavy atom. The van der Waals surface area contributed by atoms with E-state index < -0.39 is 6.61 Å². The van der Waals surface area contributed by atoms with Crippen LogP contribution in [-0.4, -0.2) is 12.9 Å². The molecule has 0 bridgehead atoms. The number of hydrogen-bond donors (Lipinski definition) is 0. The molecule has 0 atom stereocenters. The Morgan fingerprint density at radius 1 is 1.50 bits per heavy atom. The molecule has 1 rings (SSSR count). The molecule has 14 heavy (non-hydrogen) atoms. The Kier molecular flexibility index (Phi) is 3.41. The SMILES string of the molecule is Cc1cc(C=O)cc(Cl)c1OC(F)F. The van der Waals surface area contributed by atoms with Gasteiger partial charge in [-0.15, -0.1) is 0 Å². The zero-order chi connectivity index (χ0) is 10.7. The molecule has 0 fully saturated rings. The Bertz CT molecular complexity index is 330. The topological polar surface area (TPSA) is 26.3 Å². The van der Waals surface area contributed by atoms with Gasteiger partial charge in [0.2, 0.25) is 0 Å². The highest BCUT2D eigenvalue weighted by Gasteiger charge is 2.12. The summed E-state index contributed by atoms with van der Waals surface area (Å²) in [6.45, 7) is -1.38. The molecule has 0 spiro atoms. The Morgan fingerprint density at radius 3 is 2.57 bits per heavy atom. The van der Waals surface area contributed by atoms with Crippen LogP contribution in [-0.2, 0) is 0 Å². The second-order valence-electron chi connectivity index (χ2n) is 2.65. The molecule has 0 aliphatic carbocycles. The average Bonchev–Trinajstić information content (AvgIpc) is 2.10. The number of aryl methyl sites for hydroxylation is 1. The standard InChI is InChI=1S/C9H7ClF2O2/c1-5-2-6(4-13)3-7(10)8(5)14-9(11)12/h2-4,9H,1H3. The molecule has 0 radical (unpaired) electrons. The van der Waals surface area contributed by atoms with E-state index in [1.807, 2.05) is 0 Å². The smallest absolute Gasteiger partial charge is 0.387 e. The van der Waals surface area contributed by atoms with Crippen molar-refractivity contribution >= 4 is 17.9 Å². The minimum absolute atomic E-state index is 0.00685. The highest BCUT2D eigenvalue weighted by Crippen LogP contribution is 2.30. The molecular weight excluding hydrogens is 214 g/mol. The second-order valence-corrected chi connectivity index (χ2v) is 3.05. The van der Waals surface area contributed by atoms with Gasteiger partial charge >= 0.3 is 6.61 Å². The Balaban J connectivity index is 3.11. The van der Waals surface area contributed by atoms with E-state index in [1.54, 1.807) is 0 Å². The van der Waals surface area contributed by atoms with Crippen molar-refractivity contribution in [1.82, 2.24) is 0 Å². The lowest BCUT2D eigenvalue weighted by Gasteiger charge is -2.09. The number of halogens is 3. The van der Waals surface area contributed by atoms with Gasteiger partial charge in [-0.2, -0.15) is 8.78 Å². The first-order valence-electron chi connectivity index (χ1n) is 3.74. The third kappa shape index (κ3) is 2.42. The molecule has 0 unspecified atom stereocenters. The van der Waals surface area contributed by atoms with Gasteiger partial charge in [0.25, 0.3) is 0 Å². The van der Waals surface area contributed by atoms with Crippen LogP contribution in [0.1, 0.15) is 15.9 Å². The summed E-state index contributed by atoms with van der Waals surface area (Å²) >= 11 is 5.64. The van der Waals surface area contributed by atoms with E-state index in [1.165, 1.54) is 19.1 Å². The van der Waals surface area contributed by atoms with E-state index >= 15 is 0 Å². The van der Waals surface area contributed by atoms with Crippen molar-refractivity contribution in [3.63, 3.8) is 0 Å². The van der Waals surface area contributed by atoms with E-state index in [4.69, 9.17) is 11.6 Å². The molecule has 5 heteroatoms. The Labute approximate surface area is 84.4 Å². The van der Waals surface area contributed by atoms with Gasteiger partial charge in [-0.3, -0.25) is 4.79 Å². The molecule has 0 N–H and O–H groups in total. The van der Waals surface area contributed by atoms with Crippen LogP contribution in [0, 0.1) is 6.92 Å². The quantitative estimate of drug-likeness (QED) is 0.732. The fourth-order valence-corrected chi connectivity index (χ4v) is 1.38. The van der Waals surface area contributed by atoms with Crippen molar-refractivity contribution < 1.29 is 18.3 Å². The zero-order valence-corrected chi connectivity index (χ0v) is 8.02. The van der Waals surface area contributed by atoms with Gasteiger partial charge in [0.05, 0.1) is 5.02 Å². The fraction of sp³-hybridized carbons (Fsp3) is 0.222. The molecule has 0 aliphatic heterocycles. The first kappa shape index (κ1) is 10.9. The number of rotatable bonds is 3. The fourth-order valence-electron chi connectivity index (χ4n) is 1.06. The first-order valence-corrected chi connectivity index (χ1v) is 4.12. The van der Waals surface area contributed by atoms with Crippen LogP contribution < -0.4 is 4.74 Å². The third-order valence-electron chi connectivity index (χ3n) is 1.59. The number of aldehydes is 1. The van der Waals surface area contributed by atoms with Crippen LogP contribution in [0.25, 0.3) is 0 Å². The van der Waals surface area contributed by atoms with Crippen molar-refractivity contribution in [2.45, 2.75) is 13.5 Å². The molecular formula is C9H7ClF2O2. The largest absolute Gasteiger partial charge is 0.433 e. The van der Waals surface area contributed by atoms with Gasteiger partial charge in [0.1, 0.15) is 12.0 Å². The number of hydrogen-bond acceptors (Lipinski definition) is 2. The molecule has 0 saturated heterocycles. The van der Waals surface area contributed by atoms with Crippen LogP contribution >= 0.6 is 11.6 Å². The lowest BCUT2D eigenvalue weighted by atomic mass is 10.1. The number of ether oxygens (including phenoxy) is 1. The number of alkyl halides is 2. The summed E-state index contributed by atoms with van der Waals surface area (Å²) in [5.41, 5.74) is 0.731. The predicted octanol–water partition coefficient (Wildman–Crippen LogP) is 3.06. The maximum absolute atomic E-state index is 11.9. The molecule has 2 nitrogen and oxygen atoms in total. The maximum atomic E-state index is 11.9. The van der Waals surface area contributed by atoms with Crippen LogP contribution in [0.3, 0.4) is 0 Å². The maximum Gasteiger partial charge on any atom is 0.387 e. The summed E-state index contributed by atoms with van der Waals surface area (Å²) in [4.78, 5) is 10.4. The molecule has 0 aliphatic rings. The molecule has 0 amide bonds. The van der Waals surface area contributed by atoms with E-state index in [-0.39, 0.29) is 10.8 Å². The summed E-state index contributed by atoms with van der Waals surface area (Å²) in [5.74, 6) is -0.0905. The van der Waals surface area contributed by atoms with Crippen LogP contribution in [0.4, 0.5) is 8.78 Å². The van der Waals surface area contributed by atoms with Crippen molar-refractivity contribution in [2.75, 3.05) is 0 Å². The van der Waals surface area contributed by atoms with Crippen molar-refractivity contribution in [1.29, 1.82) is 0 Å². The van der Waals surface area contributed by atoms with Gasteiger partial charge in [-0.25, -0.2) is 0 Å². The summed E-state index contributed by atoms with van der Waals surface area (Å²) in [6, 6.07) is 2.70. The van der Waals surface area contributed by atoms with Crippen molar-refractivity contribution in [3.8, 4) is 5.75 Å². The van der Waals surface area contributed by atoms with Gasteiger partial charge in [-0.05, 0) is 24.6 Å². The minimum atomic E-state index is -2.92. The Hall–Kier alpha value is -1.16. The molecule has 1 aromatic carbocycles. The lowest BCUT2D eigenvalue weighted by molar-refractivity contribution is -0.0502. The van der Waals surface area contributed by atoms with E-state index in [0.29, 0.717) is 17.4 Å².